The summed E-state index contributed by atoms with van der Waals surface area (Å²) in [6, 6.07) is 0. The summed E-state index contributed by atoms with van der Waals surface area (Å²) >= 11 is 0. The van der Waals surface area contributed by atoms with Crippen molar-refractivity contribution in [1.82, 2.24) is 5.32 Å². The van der Waals surface area contributed by atoms with Crippen molar-refractivity contribution in [3.8, 4) is 0 Å². The van der Waals surface area contributed by atoms with Gasteiger partial charge in [-0.2, -0.15) is 0 Å². The smallest absolute Gasteiger partial charge is 0.0169 e. The Bertz CT molecular complexity index is 132. The van der Waals surface area contributed by atoms with Gasteiger partial charge >= 0.3 is 0 Å². The van der Waals surface area contributed by atoms with E-state index in [1.54, 1.807) is 0 Å². The highest BCUT2D eigenvalue weighted by molar-refractivity contribution is 4.93. The summed E-state index contributed by atoms with van der Waals surface area (Å²) in [5.41, 5.74) is 0. The van der Waals surface area contributed by atoms with E-state index in [2.05, 4.69) is 17.6 Å². The topological polar surface area (TPSA) is 12.0 Å². The lowest BCUT2D eigenvalue weighted by atomic mass is 9.81. The molecule has 1 nitrogen and oxygen atoms in total. The number of hydrogen-bond acceptors (Lipinski definition) is 1. The summed E-state index contributed by atoms with van der Waals surface area (Å²) in [6.07, 6.45) is 10.3. The minimum Gasteiger partial charge on any atom is -0.391 e. The number of rotatable bonds is 0. The van der Waals surface area contributed by atoms with Crippen molar-refractivity contribution >= 4 is 0 Å². The molecule has 0 saturated heterocycles. The molecule has 0 unspecified atom stereocenters. The van der Waals surface area contributed by atoms with Gasteiger partial charge in [-0.15, -0.1) is 0 Å². The highest BCUT2D eigenvalue weighted by Crippen LogP contribution is 2.30. The molecule has 56 valence electrons. The third kappa shape index (κ3) is 1.18. The van der Waals surface area contributed by atoms with Gasteiger partial charge in [-0.1, -0.05) is 6.08 Å². The number of hydrogen-bond donors (Lipinski definition) is 1. The van der Waals surface area contributed by atoms with Crippen molar-refractivity contribution in [2.75, 3.05) is 6.54 Å². The van der Waals surface area contributed by atoms with Crippen molar-refractivity contribution in [1.29, 1.82) is 0 Å². The van der Waals surface area contributed by atoms with Gasteiger partial charge in [0.05, 0.1) is 0 Å². The second kappa shape index (κ2) is 2.65. The predicted molar refractivity (Wildman–Crippen MR) is 42.6 cm³/mol. The van der Waals surface area contributed by atoms with E-state index >= 15 is 0 Å². The quantitative estimate of drug-likeness (QED) is 0.537. The predicted octanol–water partition coefficient (Wildman–Crippen LogP) is 1.91. The van der Waals surface area contributed by atoms with Gasteiger partial charge in [-0.05, 0) is 43.7 Å². The van der Waals surface area contributed by atoms with Crippen LogP contribution in [0.25, 0.3) is 0 Å². The Balaban J connectivity index is 2.07. The van der Waals surface area contributed by atoms with Crippen LogP contribution in [0.1, 0.15) is 25.7 Å². The minimum absolute atomic E-state index is 0.893. The Hall–Kier alpha value is -0.460. The molecule has 1 aliphatic carbocycles. The molecular weight excluding hydrogens is 122 g/mol. The van der Waals surface area contributed by atoms with Gasteiger partial charge in [0.25, 0.3) is 0 Å². The van der Waals surface area contributed by atoms with Crippen LogP contribution in [0.2, 0.25) is 0 Å². The van der Waals surface area contributed by atoms with E-state index < -0.39 is 0 Å². The van der Waals surface area contributed by atoms with Gasteiger partial charge in [0, 0.05) is 6.54 Å². The van der Waals surface area contributed by atoms with Crippen molar-refractivity contribution in [2.24, 2.45) is 11.8 Å². The molecule has 0 amide bonds. The zero-order chi connectivity index (χ0) is 6.81. The number of nitrogens with one attached hydrogen (secondary N) is 1. The molecule has 0 aromatic heterocycles. The Labute approximate surface area is 62.5 Å². The van der Waals surface area contributed by atoms with Gasteiger partial charge in [-0.3, -0.25) is 0 Å². The zero-order valence-corrected chi connectivity index (χ0v) is 6.34. The fourth-order valence-corrected chi connectivity index (χ4v) is 2.02. The second-order valence-corrected chi connectivity index (χ2v) is 3.55. The molecule has 2 bridgehead atoms. The van der Waals surface area contributed by atoms with Crippen LogP contribution in [0.15, 0.2) is 12.3 Å². The molecule has 3 rings (SSSR count). The molecule has 0 spiro atoms. The maximum Gasteiger partial charge on any atom is 0.0169 e. The Morgan fingerprint density at radius 1 is 1.10 bits per heavy atom. The van der Waals surface area contributed by atoms with E-state index in [0.29, 0.717) is 0 Å². The average Bonchev–Trinajstić information content (AvgIpc) is 1.89. The van der Waals surface area contributed by atoms with E-state index in [0.717, 1.165) is 11.8 Å². The molecular formula is C9H15N. The van der Waals surface area contributed by atoms with Crippen molar-refractivity contribution in [3.63, 3.8) is 0 Å². The van der Waals surface area contributed by atoms with Gasteiger partial charge in [0.1, 0.15) is 0 Å². The van der Waals surface area contributed by atoms with Gasteiger partial charge < -0.3 is 5.32 Å². The van der Waals surface area contributed by atoms with Crippen molar-refractivity contribution in [2.45, 2.75) is 25.7 Å². The molecule has 0 aromatic carbocycles. The Morgan fingerprint density at radius 3 is 2.70 bits per heavy atom. The van der Waals surface area contributed by atoms with Crippen LogP contribution in [-0.2, 0) is 0 Å². The first-order valence-electron chi connectivity index (χ1n) is 4.35. The van der Waals surface area contributed by atoms with E-state index in [-0.39, 0.29) is 0 Å². The Kier molecular flexibility index (Phi) is 1.66. The fraction of sp³-hybridized carbons (Fsp3) is 0.778. The molecule has 1 saturated carbocycles. The van der Waals surface area contributed by atoms with E-state index in [9.17, 15) is 0 Å². The van der Waals surface area contributed by atoms with Crippen LogP contribution >= 0.6 is 0 Å². The summed E-state index contributed by atoms with van der Waals surface area (Å²) in [7, 11) is 0. The van der Waals surface area contributed by atoms with Crippen LogP contribution in [0.5, 0.6) is 0 Å². The normalized spacial score (nSPS) is 41.6. The molecule has 2 heterocycles. The van der Waals surface area contributed by atoms with Gasteiger partial charge in [-0.25, -0.2) is 0 Å². The fourth-order valence-electron chi connectivity index (χ4n) is 2.02. The minimum atomic E-state index is 0.893. The van der Waals surface area contributed by atoms with Gasteiger partial charge in [0.2, 0.25) is 0 Å². The molecule has 1 heteroatoms. The lowest BCUT2D eigenvalue weighted by Gasteiger charge is -2.28. The van der Waals surface area contributed by atoms with E-state index in [1.165, 1.54) is 32.2 Å². The summed E-state index contributed by atoms with van der Waals surface area (Å²) in [4.78, 5) is 0. The van der Waals surface area contributed by atoms with Crippen LogP contribution in [0.3, 0.4) is 0 Å². The second-order valence-electron chi connectivity index (χ2n) is 3.55. The van der Waals surface area contributed by atoms with Crippen molar-refractivity contribution in [3.05, 3.63) is 12.3 Å². The first kappa shape index (κ1) is 6.26. The summed E-state index contributed by atoms with van der Waals surface area (Å²) in [5, 5.41) is 3.34. The van der Waals surface area contributed by atoms with Crippen LogP contribution in [-0.4, -0.2) is 6.54 Å². The Morgan fingerprint density at radius 2 is 1.90 bits per heavy atom. The highest BCUT2D eigenvalue weighted by Gasteiger charge is 2.20. The summed E-state index contributed by atoms with van der Waals surface area (Å²) in [6.45, 7) is 1.21. The SMILES string of the molecule is C1=C\C2CCC(CC2)CN/1. The molecule has 10 heavy (non-hydrogen) atoms. The third-order valence-electron chi connectivity index (χ3n) is 2.78. The molecule has 0 radical (unpaired) electrons. The molecule has 1 fully saturated rings. The number of allylic oxidation sites excluding steroid dienone is 1. The lowest BCUT2D eigenvalue weighted by molar-refractivity contribution is 0.298. The first-order valence-corrected chi connectivity index (χ1v) is 4.35. The van der Waals surface area contributed by atoms with Crippen LogP contribution in [0.4, 0.5) is 0 Å². The third-order valence-corrected chi connectivity index (χ3v) is 2.78. The monoisotopic (exact) mass is 137 g/mol. The largest absolute Gasteiger partial charge is 0.391 e. The molecule has 1 N–H and O–H groups in total. The van der Waals surface area contributed by atoms with Crippen LogP contribution < -0.4 is 5.32 Å². The highest BCUT2D eigenvalue weighted by atomic mass is 14.8. The zero-order valence-electron chi connectivity index (χ0n) is 6.34. The maximum absolute atomic E-state index is 3.34. The van der Waals surface area contributed by atoms with E-state index in [4.69, 9.17) is 0 Å². The average molecular weight is 137 g/mol. The molecule has 2 aliphatic heterocycles. The maximum atomic E-state index is 3.34. The van der Waals surface area contributed by atoms with Crippen molar-refractivity contribution < 1.29 is 0 Å². The standard InChI is InChI=1S/C9H15N/c1-3-9-4-2-8(1)5-6-10-7-9/h5-6,8-10H,1-4,7H2/b6-5-. The van der Waals surface area contributed by atoms with Crippen LogP contribution in [0, 0.1) is 11.8 Å². The number of fused-ring (bicyclic) bond motifs is 4. The molecule has 3 aliphatic rings. The molecule has 0 atom stereocenters. The lowest BCUT2D eigenvalue weighted by Crippen LogP contribution is -2.25. The van der Waals surface area contributed by atoms with Gasteiger partial charge in [0.15, 0.2) is 0 Å². The first-order chi connectivity index (χ1) is 4.95. The van der Waals surface area contributed by atoms with E-state index in [1.807, 2.05) is 0 Å². The molecule has 0 aromatic rings. The summed E-state index contributed by atoms with van der Waals surface area (Å²) < 4.78 is 0. The summed E-state index contributed by atoms with van der Waals surface area (Å²) in [5.74, 6) is 1.87.